The fraction of sp³-hybridized carbons (Fsp3) is 0.455. The number of halogens is 2. The summed E-state index contributed by atoms with van der Waals surface area (Å²) in [5, 5.41) is -0.315. The molecule has 0 heterocycles. The second-order valence-electron chi connectivity index (χ2n) is 4.60. The number of thioether (sulfide) groups is 1. The standard InChI is InChI=1S/C11H16ClFN2O2S2/c1-11(2,18-3)6-15-19(16,17)9-5-7(14)4-8(12)10(9)13/h4-5,15H,6,14H2,1-3H3. The molecule has 3 N–H and O–H groups in total. The molecule has 1 rings (SSSR count). The largest absolute Gasteiger partial charge is 0.399 e. The van der Waals surface area contributed by atoms with Gasteiger partial charge in [-0.1, -0.05) is 11.6 Å². The molecule has 0 unspecified atom stereocenters. The van der Waals surface area contributed by atoms with Gasteiger partial charge in [0.05, 0.1) is 5.02 Å². The van der Waals surface area contributed by atoms with E-state index in [1.807, 2.05) is 20.1 Å². The zero-order chi connectivity index (χ0) is 14.8. The van der Waals surface area contributed by atoms with E-state index in [4.69, 9.17) is 17.3 Å². The lowest BCUT2D eigenvalue weighted by Crippen LogP contribution is -2.36. The summed E-state index contributed by atoms with van der Waals surface area (Å²) in [7, 11) is -3.98. The maximum Gasteiger partial charge on any atom is 0.243 e. The Morgan fingerprint density at radius 3 is 2.58 bits per heavy atom. The van der Waals surface area contributed by atoms with Gasteiger partial charge < -0.3 is 5.73 Å². The van der Waals surface area contributed by atoms with Crippen LogP contribution in [-0.4, -0.2) is 26.0 Å². The van der Waals surface area contributed by atoms with E-state index in [0.717, 1.165) is 6.07 Å². The molecule has 8 heteroatoms. The van der Waals surface area contributed by atoms with E-state index >= 15 is 0 Å². The van der Waals surface area contributed by atoms with Gasteiger partial charge in [0.25, 0.3) is 0 Å². The Kier molecular flexibility index (Phi) is 5.11. The number of anilines is 1. The van der Waals surface area contributed by atoms with Crippen molar-refractivity contribution < 1.29 is 12.8 Å². The van der Waals surface area contributed by atoms with Crippen molar-refractivity contribution in [2.75, 3.05) is 18.5 Å². The quantitative estimate of drug-likeness (QED) is 0.815. The van der Waals surface area contributed by atoms with Crippen molar-refractivity contribution in [3.05, 3.63) is 23.0 Å². The highest BCUT2D eigenvalue weighted by atomic mass is 35.5. The Bertz CT molecular complexity index is 576. The van der Waals surface area contributed by atoms with Crippen LogP contribution in [0.15, 0.2) is 17.0 Å². The third-order valence-corrected chi connectivity index (χ3v) is 5.47. The third kappa shape index (κ3) is 4.24. The molecule has 0 radical (unpaired) electrons. The van der Waals surface area contributed by atoms with Gasteiger partial charge in [-0.05, 0) is 32.2 Å². The van der Waals surface area contributed by atoms with Crippen LogP contribution < -0.4 is 10.5 Å². The van der Waals surface area contributed by atoms with Gasteiger partial charge in [0.2, 0.25) is 10.0 Å². The van der Waals surface area contributed by atoms with Crippen LogP contribution in [0, 0.1) is 5.82 Å². The van der Waals surface area contributed by atoms with Gasteiger partial charge in [-0.15, -0.1) is 0 Å². The predicted molar refractivity (Wildman–Crippen MR) is 78.6 cm³/mol. The Hall–Kier alpha value is -0.500. The van der Waals surface area contributed by atoms with E-state index < -0.39 is 20.7 Å². The Labute approximate surface area is 121 Å². The van der Waals surface area contributed by atoms with Gasteiger partial charge >= 0.3 is 0 Å². The van der Waals surface area contributed by atoms with Crippen LogP contribution in [0.2, 0.25) is 5.02 Å². The summed E-state index contributed by atoms with van der Waals surface area (Å²) < 4.78 is 39.9. The fourth-order valence-corrected chi connectivity index (χ4v) is 3.13. The SMILES string of the molecule is CSC(C)(C)CNS(=O)(=O)c1cc(N)cc(Cl)c1F. The van der Waals surface area contributed by atoms with Crippen molar-refractivity contribution in [1.82, 2.24) is 4.72 Å². The van der Waals surface area contributed by atoms with Crippen molar-refractivity contribution >= 4 is 39.1 Å². The van der Waals surface area contributed by atoms with Crippen LogP contribution in [-0.2, 0) is 10.0 Å². The summed E-state index contributed by atoms with van der Waals surface area (Å²) in [4.78, 5) is -0.533. The molecule has 0 bridgehead atoms. The molecule has 0 aliphatic rings. The van der Waals surface area contributed by atoms with Crippen molar-refractivity contribution in [2.45, 2.75) is 23.5 Å². The molecule has 1 aromatic carbocycles. The maximum atomic E-state index is 13.8. The zero-order valence-electron chi connectivity index (χ0n) is 10.8. The molecule has 19 heavy (non-hydrogen) atoms. The van der Waals surface area contributed by atoms with Gasteiger partial charge in [-0.3, -0.25) is 0 Å². The Balaban J connectivity index is 3.08. The number of nitrogens with one attached hydrogen (secondary N) is 1. The lowest BCUT2D eigenvalue weighted by molar-refractivity contribution is 0.550. The van der Waals surface area contributed by atoms with Crippen LogP contribution in [0.1, 0.15) is 13.8 Å². The molecule has 0 amide bonds. The summed E-state index contributed by atoms with van der Waals surface area (Å²) in [6.07, 6.45) is 1.87. The molecule has 1 aromatic rings. The highest BCUT2D eigenvalue weighted by Gasteiger charge is 2.25. The average Bonchev–Trinajstić information content (AvgIpc) is 2.31. The lowest BCUT2D eigenvalue weighted by Gasteiger charge is -2.22. The number of hydrogen-bond donors (Lipinski definition) is 2. The fourth-order valence-electron chi connectivity index (χ4n) is 1.20. The number of nitrogens with two attached hydrogens (primary N) is 1. The highest BCUT2D eigenvalue weighted by Crippen LogP contribution is 2.26. The summed E-state index contributed by atoms with van der Waals surface area (Å²) in [6.45, 7) is 3.92. The van der Waals surface area contributed by atoms with E-state index in [0.29, 0.717) is 0 Å². The molecule has 0 aliphatic heterocycles. The smallest absolute Gasteiger partial charge is 0.243 e. The molecule has 108 valence electrons. The summed E-state index contributed by atoms with van der Waals surface area (Å²) in [5.41, 5.74) is 5.58. The number of nitrogen functional groups attached to an aromatic ring is 1. The second kappa shape index (κ2) is 5.87. The molecule has 0 saturated carbocycles. The van der Waals surface area contributed by atoms with E-state index in [-0.39, 0.29) is 22.0 Å². The minimum absolute atomic E-state index is 0.0934. The first-order valence-corrected chi connectivity index (χ1v) is 8.47. The first-order chi connectivity index (χ1) is 8.59. The van der Waals surface area contributed by atoms with Gasteiger partial charge in [-0.2, -0.15) is 11.8 Å². The van der Waals surface area contributed by atoms with E-state index in [1.54, 1.807) is 0 Å². The maximum absolute atomic E-state index is 13.8. The first-order valence-electron chi connectivity index (χ1n) is 5.38. The first kappa shape index (κ1) is 16.6. The Morgan fingerprint density at radius 1 is 1.47 bits per heavy atom. The van der Waals surface area contributed by atoms with Crippen molar-refractivity contribution in [2.24, 2.45) is 0 Å². The van der Waals surface area contributed by atoms with Crippen LogP contribution in [0.5, 0.6) is 0 Å². The summed E-state index contributed by atoms with van der Waals surface area (Å²) in [5.74, 6) is -0.995. The monoisotopic (exact) mass is 326 g/mol. The molecule has 0 saturated heterocycles. The van der Waals surface area contributed by atoms with E-state index in [9.17, 15) is 12.8 Å². The lowest BCUT2D eigenvalue weighted by atomic mass is 10.2. The van der Waals surface area contributed by atoms with Crippen LogP contribution >= 0.6 is 23.4 Å². The molecule has 0 spiro atoms. The van der Waals surface area contributed by atoms with Crippen molar-refractivity contribution in [3.63, 3.8) is 0 Å². The molecule has 0 fully saturated rings. The molecule has 4 nitrogen and oxygen atoms in total. The van der Waals surface area contributed by atoms with Gasteiger partial charge in [0.1, 0.15) is 4.90 Å². The van der Waals surface area contributed by atoms with E-state index in [1.165, 1.54) is 17.8 Å². The molecular formula is C11H16ClFN2O2S2. The average molecular weight is 327 g/mol. The van der Waals surface area contributed by atoms with Crippen molar-refractivity contribution in [3.8, 4) is 0 Å². The minimum Gasteiger partial charge on any atom is -0.399 e. The van der Waals surface area contributed by atoms with E-state index in [2.05, 4.69) is 4.72 Å². The summed E-state index contributed by atoms with van der Waals surface area (Å²) >= 11 is 7.09. The minimum atomic E-state index is -3.98. The molecule has 0 aromatic heterocycles. The molecule has 0 aliphatic carbocycles. The summed E-state index contributed by atoms with van der Waals surface area (Å²) in [6, 6.07) is 2.22. The second-order valence-corrected chi connectivity index (χ2v) is 8.26. The van der Waals surface area contributed by atoms with Gasteiger partial charge in [-0.25, -0.2) is 17.5 Å². The molecular weight excluding hydrogens is 311 g/mol. The third-order valence-electron chi connectivity index (χ3n) is 2.55. The zero-order valence-corrected chi connectivity index (χ0v) is 13.2. The van der Waals surface area contributed by atoms with Crippen LogP contribution in [0.3, 0.4) is 0 Å². The Morgan fingerprint density at radius 2 is 2.05 bits per heavy atom. The highest BCUT2D eigenvalue weighted by molar-refractivity contribution is 8.00. The van der Waals surface area contributed by atoms with Gasteiger partial charge in [0, 0.05) is 17.0 Å². The number of hydrogen-bond acceptors (Lipinski definition) is 4. The van der Waals surface area contributed by atoms with Crippen LogP contribution in [0.4, 0.5) is 10.1 Å². The van der Waals surface area contributed by atoms with Crippen LogP contribution in [0.25, 0.3) is 0 Å². The number of benzene rings is 1. The van der Waals surface area contributed by atoms with Crippen molar-refractivity contribution in [1.29, 1.82) is 0 Å². The van der Waals surface area contributed by atoms with Gasteiger partial charge in [0.15, 0.2) is 5.82 Å². The normalized spacial score (nSPS) is 12.7. The molecule has 0 atom stereocenters. The topological polar surface area (TPSA) is 72.2 Å². The predicted octanol–water partition coefficient (Wildman–Crippen LogP) is 2.48. The number of sulfonamides is 1. The number of rotatable bonds is 5.